The maximum Gasteiger partial charge on any atom is 0.237 e. The Hall–Kier alpha value is -2.72. The van der Waals surface area contributed by atoms with Crippen molar-refractivity contribution in [1.82, 2.24) is 19.7 Å². The maximum atomic E-state index is 13.3. The van der Waals surface area contributed by atoms with Crippen LogP contribution in [-0.4, -0.2) is 57.4 Å². The molecule has 1 atom stereocenters. The Morgan fingerprint density at radius 1 is 1.09 bits per heavy atom. The lowest BCUT2D eigenvalue weighted by molar-refractivity contribution is -0.116. The molecule has 8 nitrogen and oxygen atoms in total. The maximum absolute atomic E-state index is 13.3. The first kappa shape index (κ1) is 21.1. The van der Waals surface area contributed by atoms with Crippen LogP contribution >= 0.6 is 11.8 Å². The van der Waals surface area contributed by atoms with Crippen LogP contribution in [0.25, 0.3) is 11.4 Å². The summed E-state index contributed by atoms with van der Waals surface area (Å²) in [6, 6.07) is 13.1. The van der Waals surface area contributed by atoms with E-state index < -0.39 is 9.84 Å². The monoisotopic (exact) mass is 469 g/mol. The molecule has 1 aliphatic carbocycles. The first-order valence-electron chi connectivity index (χ1n) is 10.6. The molecule has 0 radical (unpaired) electrons. The average molecular weight is 470 g/mol. The Kier molecular flexibility index (Phi) is 5.73. The molecule has 2 fully saturated rings. The van der Waals surface area contributed by atoms with Crippen LogP contribution in [-0.2, 0) is 14.6 Å². The molecule has 3 aromatic rings. The van der Waals surface area contributed by atoms with Gasteiger partial charge >= 0.3 is 0 Å². The summed E-state index contributed by atoms with van der Waals surface area (Å²) < 4.78 is 26.2. The molecule has 0 bridgehead atoms. The number of hydrogen-bond acceptors (Lipinski definition) is 7. The number of pyridine rings is 1. The first-order valence-corrected chi connectivity index (χ1v) is 13.4. The lowest BCUT2D eigenvalue weighted by Crippen LogP contribution is -2.42. The van der Waals surface area contributed by atoms with Crippen molar-refractivity contribution in [3.05, 3.63) is 54.9 Å². The SMILES string of the molecule is O=C(CSc1nnc(-c2cccnc2)n1C1CC1)N(c1ccccc1)C1CCS(=O)(=O)C1. The van der Waals surface area contributed by atoms with E-state index in [4.69, 9.17) is 0 Å². The number of para-hydroxylation sites is 1. The van der Waals surface area contributed by atoms with Gasteiger partial charge in [0.1, 0.15) is 0 Å². The van der Waals surface area contributed by atoms with E-state index in [0.717, 1.165) is 29.9 Å². The summed E-state index contributed by atoms with van der Waals surface area (Å²) in [4.78, 5) is 19.2. The summed E-state index contributed by atoms with van der Waals surface area (Å²) in [5.41, 5.74) is 1.62. The molecule has 3 heterocycles. The van der Waals surface area contributed by atoms with Gasteiger partial charge in [0, 0.05) is 29.7 Å². The Morgan fingerprint density at radius 3 is 2.56 bits per heavy atom. The van der Waals surface area contributed by atoms with Crippen LogP contribution in [0.1, 0.15) is 25.3 Å². The van der Waals surface area contributed by atoms with E-state index in [0.29, 0.717) is 17.6 Å². The molecule has 1 saturated carbocycles. The van der Waals surface area contributed by atoms with Crippen molar-refractivity contribution in [3.63, 3.8) is 0 Å². The topological polar surface area (TPSA) is 98.1 Å². The number of benzene rings is 1. The van der Waals surface area contributed by atoms with E-state index in [1.54, 1.807) is 17.3 Å². The number of hydrogen-bond donors (Lipinski definition) is 0. The number of carbonyl (C=O) groups excluding carboxylic acids is 1. The van der Waals surface area contributed by atoms with E-state index in [-0.39, 0.29) is 29.2 Å². The number of sulfone groups is 1. The number of anilines is 1. The molecule has 10 heteroatoms. The van der Waals surface area contributed by atoms with Gasteiger partial charge in [-0.1, -0.05) is 30.0 Å². The minimum Gasteiger partial charge on any atom is -0.308 e. The largest absolute Gasteiger partial charge is 0.308 e. The molecule has 2 aromatic heterocycles. The summed E-state index contributed by atoms with van der Waals surface area (Å²) in [6.07, 6.45) is 6.06. The van der Waals surface area contributed by atoms with Crippen LogP contribution in [0.2, 0.25) is 0 Å². The van der Waals surface area contributed by atoms with E-state index in [2.05, 4.69) is 19.7 Å². The van der Waals surface area contributed by atoms with Gasteiger partial charge in [-0.25, -0.2) is 8.42 Å². The summed E-state index contributed by atoms with van der Waals surface area (Å²) in [6.45, 7) is 0. The van der Waals surface area contributed by atoms with Crippen LogP contribution in [0.3, 0.4) is 0 Å². The Bertz CT molecular complexity index is 1210. The van der Waals surface area contributed by atoms with Gasteiger partial charge in [-0.2, -0.15) is 0 Å². The molecule has 1 saturated heterocycles. The summed E-state index contributed by atoms with van der Waals surface area (Å²) in [5.74, 6) is 0.908. The average Bonchev–Trinajstić information content (AvgIpc) is 3.45. The van der Waals surface area contributed by atoms with Crippen LogP contribution < -0.4 is 4.90 Å². The molecule has 0 spiro atoms. The van der Waals surface area contributed by atoms with Gasteiger partial charge in [0.15, 0.2) is 20.8 Å². The second-order valence-electron chi connectivity index (χ2n) is 8.09. The van der Waals surface area contributed by atoms with Crippen molar-refractivity contribution < 1.29 is 13.2 Å². The minimum absolute atomic E-state index is 0.00170. The van der Waals surface area contributed by atoms with Crippen molar-refractivity contribution in [2.24, 2.45) is 0 Å². The summed E-state index contributed by atoms with van der Waals surface area (Å²) >= 11 is 1.35. The third-order valence-corrected chi connectivity index (χ3v) is 8.38. The molecule has 1 amide bonds. The van der Waals surface area contributed by atoms with Gasteiger partial charge in [0.2, 0.25) is 5.91 Å². The van der Waals surface area contributed by atoms with E-state index in [1.165, 1.54) is 11.8 Å². The number of carbonyl (C=O) groups is 1. The normalized spacial score (nSPS) is 19.7. The molecular formula is C22H23N5O3S2. The van der Waals surface area contributed by atoms with Gasteiger partial charge in [0.05, 0.1) is 23.3 Å². The molecular weight excluding hydrogens is 446 g/mol. The van der Waals surface area contributed by atoms with Crippen LogP contribution in [0, 0.1) is 0 Å². The molecule has 32 heavy (non-hydrogen) atoms. The predicted octanol–water partition coefficient (Wildman–Crippen LogP) is 2.99. The van der Waals surface area contributed by atoms with Crippen LogP contribution in [0.15, 0.2) is 60.0 Å². The van der Waals surface area contributed by atoms with Gasteiger partial charge in [-0.05, 0) is 43.5 Å². The molecule has 5 rings (SSSR count). The van der Waals surface area contributed by atoms with Crippen molar-refractivity contribution in [2.45, 2.75) is 36.5 Å². The number of rotatable bonds is 7. The zero-order chi connectivity index (χ0) is 22.1. The molecule has 0 N–H and O–H groups in total. The lowest BCUT2D eigenvalue weighted by atomic mass is 10.2. The zero-order valence-electron chi connectivity index (χ0n) is 17.4. The van der Waals surface area contributed by atoms with Crippen molar-refractivity contribution in [2.75, 3.05) is 22.2 Å². The number of amides is 1. The number of aromatic nitrogens is 4. The van der Waals surface area contributed by atoms with E-state index in [1.807, 2.05) is 42.5 Å². The van der Waals surface area contributed by atoms with Crippen LogP contribution in [0.4, 0.5) is 5.69 Å². The van der Waals surface area contributed by atoms with Gasteiger partial charge < -0.3 is 4.90 Å². The Balaban J connectivity index is 1.38. The second kappa shape index (κ2) is 8.67. The third-order valence-electron chi connectivity index (χ3n) is 5.70. The fourth-order valence-corrected chi connectivity index (χ4v) is 6.62. The highest BCUT2D eigenvalue weighted by molar-refractivity contribution is 7.99. The molecule has 166 valence electrons. The standard InChI is InChI=1S/C22H23N5O3S2/c28-20(26(17-6-2-1-3-7-17)19-10-12-32(29,30)15-19)14-31-22-25-24-21(27(22)18-8-9-18)16-5-4-11-23-13-16/h1-7,11,13,18-19H,8-10,12,14-15H2. The molecule has 1 aliphatic heterocycles. The highest BCUT2D eigenvalue weighted by Crippen LogP contribution is 2.41. The Morgan fingerprint density at radius 2 is 1.91 bits per heavy atom. The second-order valence-corrected chi connectivity index (χ2v) is 11.3. The van der Waals surface area contributed by atoms with Crippen molar-refractivity contribution in [3.8, 4) is 11.4 Å². The third kappa shape index (κ3) is 4.42. The van der Waals surface area contributed by atoms with Crippen molar-refractivity contribution in [1.29, 1.82) is 0 Å². The zero-order valence-corrected chi connectivity index (χ0v) is 19.0. The van der Waals surface area contributed by atoms with Gasteiger partial charge in [-0.3, -0.25) is 14.3 Å². The summed E-state index contributed by atoms with van der Waals surface area (Å²) in [7, 11) is -3.12. The quantitative estimate of drug-likeness (QED) is 0.491. The fraction of sp³-hybridized carbons (Fsp3) is 0.364. The van der Waals surface area contributed by atoms with Crippen LogP contribution in [0.5, 0.6) is 0 Å². The first-order chi connectivity index (χ1) is 15.5. The highest BCUT2D eigenvalue weighted by atomic mass is 32.2. The minimum atomic E-state index is -3.12. The lowest BCUT2D eigenvalue weighted by Gasteiger charge is -2.28. The Labute approximate surface area is 191 Å². The smallest absolute Gasteiger partial charge is 0.237 e. The van der Waals surface area contributed by atoms with E-state index >= 15 is 0 Å². The fourth-order valence-electron chi connectivity index (χ4n) is 4.05. The summed E-state index contributed by atoms with van der Waals surface area (Å²) in [5, 5.41) is 9.43. The predicted molar refractivity (Wildman–Crippen MR) is 123 cm³/mol. The van der Waals surface area contributed by atoms with Gasteiger partial charge in [-0.15, -0.1) is 10.2 Å². The number of nitrogens with zero attached hydrogens (tertiary/aromatic N) is 5. The molecule has 2 aliphatic rings. The molecule has 1 unspecified atom stereocenters. The van der Waals surface area contributed by atoms with Crippen molar-refractivity contribution >= 4 is 33.2 Å². The molecule has 1 aromatic carbocycles. The van der Waals surface area contributed by atoms with E-state index in [9.17, 15) is 13.2 Å². The van der Waals surface area contributed by atoms with Gasteiger partial charge in [0.25, 0.3) is 0 Å². The number of thioether (sulfide) groups is 1. The highest BCUT2D eigenvalue weighted by Gasteiger charge is 2.36.